The van der Waals surface area contributed by atoms with Crippen molar-refractivity contribution in [2.45, 2.75) is 46.1 Å². The number of nitrogens with zero attached hydrogens (tertiary/aromatic N) is 3. The van der Waals surface area contributed by atoms with E-state index < -0.39 is 0 Å². The van der Waals surface area contributed by atoms with Gasteiger partial charge in [0, 0.05) is 25.4 Å². The molecule has 0 radical (unpaired) electrons. The van der Waals surface area contributed by atoms with Crippen LogP contribution in [0.15, 0.2) is 4.52 Å². The maximum absolute atomic E-state index is 5.34. The minimum atomic E-state index is 0.423. The van der Waals surface area contributed by atoms with E-state index in [-0.39, 0.29) is 0 Å². The van der Waals surface area contributed by atoms with Crippen LogP contribution in [0.1, 0.15) is 38.9 Å². The molecule has 110 valence electrons. The molecule has 5 heteroatoms. The molecule has 1 atom stereocenters. The standard InChI is InChI=1S/C14H28N4O/c1-6-15-12(9-11(2)3)10-14-16-13(17-19-14)7-8-18(4)5/h11-12,15H,6-10H2,1-5H3. The number of rotatable bonds is 9. The molecule has 0 bridgehead atoms. The average Bonchev–Trinajstić information content (AvgIpc) is 2.73. The Labute approximate surface area is 116 Å². The Morgan fingerprint density at radius 1 is 1.32 bits per heavy atom. The average molecular weight is 268 g/mol. The van der Waals surface area contributed by atoms with Crippen LogP contribution in [0.3, 0.4) is 0 Å². The Kier molecular flexibility index (Phi) is 7.02. The second-order valence-electron chi connectivity index (χ2n) is 5.75. The van der Waals surface area contributed by atoms with Crippen LogP contribution in [0.4, 0.5) is 0 Å². The lowest BCUT2D eigenvalue weighted by Gasteiger charge is -2.17. The van der Waals surface area contributed by atoms with Crippen molar-refractivity contribution in [1.82, 2.24) is 20.4 Å². The number of hydrogen-bond acceptors (Lipinski definition) is 5. The third kappa shape index (κ3) is 6.68. The fourth-order valence-corrected chi connectivity index (χ4v) is 2.11. The number of aromatic nitrogens is 2. The maximum atomic E-state index is 5.34. The van der Waals surface area contributed by atoms with Crippen LogP contribution in [0.25, 0.3) is 0 Å². The predicted octanol–water partition coefficient (Wildman–Crippen LogP) is 1.74. The summed E-state index contributed by atoms with van der Waals surface area (Å²) < 4.78 is 5.34. The Bertz CT molecular complexity index is 349. The summed E-state index contributed by atoms with van der Waals surface area (Å²) in [5.41, 5.74) is 0. The molecule has 1 N–H and O–H groups in total. The smallest absolute Gasteiger partial charge is 0.228 e. The van der Waals surface area contributed by atoms with E-state index in [9.17, 15) is 0 Å². The van der Waals surface area contributed by atoms with Gasteiger partial charge in [0.05, 0.1) is 0 Å². The van der Waals surface area contributed by atoms with E-state index in [1.54, 1.807) is 0 Å². The summed E-state index contributed by atoms with van der Waals surface area (Å²) in [6.07, 6.45) is 2.79. The summed E-state index contributed by atoms with van der Waals surface area (Å²) in [6, 6.07) is 0.423. The summed E-state index contributed by atoms with van der Waals surface area (Å²) in [6.45, 7) is 8.52. The lowest BCUT2D eigenvalue weighted by atomic mass is 10.0. The van der Waals surface area contributed by atoms with Crippen molar-refractivity contribution in [3.63, 3.8) is 0 Å². The van der Waals surface area contributed by atoms with Gasteiger partial charge in [-0.3, -0.25) is 0 Å². The summed E-state index contributed by atoms with van der Waals surface area (Å²) in [5, 5.41) is 7.53. The second kappa shape index (κ2) is 8.27. The molecule has 0 saturated carbocycles. The molecule has 5 nitrogen and oxygen atoms in total. The van der Waals surface area contributed by atoms with Crippen LogP contribution in [0, 0.1) is 5.92 Å². The van der Waals surface area contributed by atoms with Crippen molar-refractivity contribution < 1.29 is 4.52 Å². The zero-order valence-electron chi connectivity index (χ0n) is 12.9. The van der Waals surface area contributed by atoms with Crippen molar-refractivity contribution >= 4 is 0 Å². The van der Waals surface area contributed by atoms with Crippen molar-refractivity contribution in [1.29, 1.82) is 0 Å². The molecular weight excluding hydrogens is 240 g/mol. The van der Waals surface area contributed by atoms with Gasteiger partial charge in [0.1, 0.15) is 0 Å². The molecule has 0 spiro atoms. The normalized spacial score (nSPS) is 13.4. The molecule has 0 aromatic carbocycles. The molecule has 1 aromatic rings. The van der Waals surface area contributed by atoms with E-state index in [1.165, 1.54) is 0 Å². The van der Waals surface area contributed by atoms with Crippen molar-refractivity contribution in [2.75, 3.05) is 27.2 Å². The summed E-state index contributed by atoms with van der Waals surface area (Å²) in [7, 11) is 4.09. The van der Waals surface area contributed by atoms with Gasteiger partial charge in [-0.2, -0.15) is 4.98 Å². The van der Waals surface area contributed by atoms with E-state index in [4.69, 9.17) is 4.52 Å². The topological polar surface area (TPSA) is 54.2 Å². The van der Waals surface area contributed by atoms with E-state index in [0.29, 0.717) is 12.0 Å². The van der Waals surface area contributed by atoms with Crippen molar-refractivity contribution in [3.05, 3.63) is 11.7 Å². The van der Waals surface area contributed by atoms with Crippen LogP contribution >= 0.6 is 0 Å². The van der Waals surface area contributed by atoms with Crippen LogP contribution in [-0.2, 0) is 12.8 Å². The zero-order valence-corrected chi connectivity index (χ0v) is 12.9. The molecular formula is C14H28N4O. The van der Waals surface area contributed by atoms with Gasteiger partial charge in [-0.1, -0.05) is 25.9 Å². The van der Waals surface area contributed by atoms with Crippen molar-refractivity contribution in [2.24, 2.45) is 5.92 Å². The molecule has 1 unspecified atom stereocenters. The van der Waals surface area contributed by atoms with E-state index in [1.807, 2.05) is 14.1 Å². The largest absolute Gasteiger partial charge is 0.339 e. The molecule has 0 amide bonds. The zero-order chi connectivity index (χ0) is 14.3. The fourth-order valence-electron chi connectivity index (χ4n) is 2.11. The highest BCUT2D eigenvalue weighted by molar-refractivity contribution is 4.90. The first-order chi connectivity index (χ1) is 9.01. The van der Waals surface area contributed by atoms with Crippen LogP contribution in [-0.4, -0.2) is 48.3 Å². The Morgan fingerprint density at radius 3 is 2.63 bits per heavy atom. The first-order valence-electron chi connectivity index (χ1n) is 7.20. The highest BCUT2D eigenvalue weighted by Crippen LogP contribution is 2.10. The van der Waals surface area contributed by atoms with Gasteiger partial charge in [0.2, 0.25) is 5.89 Å². The van der Waals surface area contributed by atoms with Gasteiger partial charge in [-0.25, -0.2) is 0 Å². The third-order valence-electron chi connectivity index (χ3n) is 2.96. The molecule has 0 aliphatic carbocycles. The van der Waals surface area contributed by atoms with Crippen LogP contribution < -0.4 is 5.32 Å². The first-order valence-corrected chi connectivity index (χ1v) is 7.20. The van der Waals surface area contributed by atoms with Crippen LogP contribution in [0.2, 0.25) is 0 Å². The fraction of sp³-hybridized carbons (Fsp3) is 0.857. The van der Waals surface area contributed by atoms with E-state index >= 15 is 0 Å². The lowest BCUT2D eigenvalue weighted by Crippen LogP contribution is -2.32. The molecule has 0 saturated heterocycles. The highest BCUT2D eigenvalue weighted by Gasteiger charge is 2.15. The Morgan fingerprint density at radius 2 is 2.05 bits per heavy atom. The predicted molar refractivity (Wildman–Crippen MR) is 77.2 cm³/mol. The highest BCUT2D eigenvalue weighted by atomic mass is 16.5. The molecule has 0 aliphatic rings. The summed E-state index contributed by atoms with van der Waals surface area (Å²) in [4.78, 5) is 6.59. The van der Waals surface area contributed by atoms with Gasteiger partial charge < -0.3 is 14.7 Å². The minimum absolute atomic E-state index is 0.423. The molecule has 19 heavy (non-hydrogen) atoms. The summed E-state index contributed by atoms with van der Waals surface area (Å²) in [5.74, 6) is 2.23. The molecule has 0 aliphatic heterocycles. The van der Waals surface area contributed by atoms with E-state index in [0.717, 1.165) is 44.1 Å². The quantitative estimate of drug-likeness (QED) is 0.739. The third-order valence-corrected chi connectivity index (χ3v) is 2.96. The van der Waals surface area contributed by atoms with Crippen LogP contribution in [0.5, 0.6) is 0 Å². The maximum Gasteiger partial charge on any atom is 0.228 e. The van der Waals surface area contributed by atoms with Gasteiger partial charge in [0.25, 0.3) is 0 Å². The van der Waals surface area contributed by atoms with Gasteiger partial charge in [-0.05, 0) is 33.0 Å². The van der Waals surface area contributed by atoms with E-state index in [2.05, 4.69) is 41.1 Å². The summed E-state index contributed by atoms with van der Waals surface area (Å²) >= 11 is 0. The minimum Gasteiger partial charge on any atom is -0.339 e. The Hall–Kier alpha value is -0.940. The second-order valence-corrected chi connectivity index (χ2v) is 5.75. The first kappa shape index (κ1) is 16.1. The SMILES string of the molecule is CCNC(Cc1nc(CCN(C)C)no1)CC(C)C. The van der Waals surface area contributed by atoms with Gasteiger partial charge in [-0.15, -0.1) is 0 Å². The molecule has 0 fully saturated rings. The number of likely N-dealkylation sites (N-methyl/N-ethyl adjacent to an activating group) is 2. The Balaban J connectivity index is 2.49. The molecule has 1 rings (SSSR count). The molecule has 1 heterocycles. The lowest BCUT2D eigenvalue weighted by molar-refractivity contribution is 0.335. The monoisotopic (exact) mass is 268 g/mol. The van der Waals surface area contributed by atoms with Crippen molar-refractivity contribution in [3.8, 4) is 0 Å². The van der Waals surface area contributed by atoms with Gasteiger partial charge in [0.15, 0.2) is 5.82 Å². The van der Waals surface area contributed by atoms with Gasteiger partial charge >= 0.3 is 0 Å². The number of hydrogen-bond donors (Lipinski definition) is 1. The molecule has 1 aromatic heterocycles. The number of nitrogens with one attached hydrogen (secondary N) is 1.